The molecule has 2 aliphatic rings. The van der Waals surface area contributed by atoms with Gasteiger partial charge in [0.2, 0.25) is 11.8 Å². The van der Waals surface area contributed by atoms with Gasteiger partial charge in [0, 0.05) is 73.1 Å². The molecule has 10 nitrogen and oxygen atoms in total. The Balaban J connectivity index is 1.36. The van der Waals surface area contributed by atoms with Gasteiger partial charge < -0.3 is 24.2 Å². The van der Waals surface area contributed by atoms with Crippen LogP contribution in [-0.4, -0.2) is 93.8 Å². The van der Waals surface area contributed by atoms with Crippen LogP contribution in [0.3, 0.4) is 0 Å². The number of halogens is 1. The molecule has 11 heteroatoms. The minimum atomic E-state index is -0.133. The average Bonchev–Trinajstić information content (AvgIpc) is 3.21. The number of pyridine rings is 1. The largest absolute Gasteiger partial charge is 0.353 e. The molecule has 3 amide bonds. The summed E-state index contributed by atoms with van der Waals surface area (Å²) >= 11 is 3.55. The molecule has 2 aromatic heterocycles. The predicted octanol–water partition coefficient (Wildman–Crippen LogP) is 3.19. The zero-order valence-electron chi connectivity index (χ0n) is 23.4. The molecule has 1 aromatic carbocycles. The molecule has 2 saturated heterocycles. The van der Waals surface area contributed by atoms with E-state index in [2.05, 4.69) is 38.5 Å². The van der Waals surface area contributed by atoms with Crippen molar-refractivity contribution in [2.45, 2.75) is 32.5 Å². The van der Waals surface area contributed by atoms with Crippen LogP contribution in [0.5, 0.6) is 0 Å². The van der Waals surface area contributed by atoms with Crippen molar-refractivity contribution >= 4 is 50.4 Å². The standard InChI is InChI=1S/C30H32BrN7O3/c1-5-27(39)36-16-23(17-36)34(4)28(40)18-38-20(3)29(24-12-22(31)7-8-25(24)38)30(41)37-11-10-35(15-19(37)2)26-9-6-21(13-32)14-33-26/h5-9,12,14,19,23H,1,10-11,15-18H2,2-4H3/t19-/m1/s1. The van der Waals surface area contributed by atoms with Crippen molar-refractivity contribution in [1.29, 1.82) is 5.26 Å². The number of likely N-dealkylation sites (N-methyl/N-ethyl adjacent to an activating group) is 1. The van der Waals surface area contributed by atoms with E-state index in [4.69, 9.17) is 5.26 Å². The fourth-order valence-electron chi connectivity index (χ4n) is 5.64. The SMILES string of the molecule is C=CC(=O)N1CC(N(C)C(=O)Cn2c(C)c(C(=O)N3CCN(c4ccc(C#N)cn4)C[C@H]3C)c3cc(Br)ccc32)C1. The molecular weight excluding hydrogens is 586 g/mol. The Morgan fingerprint density at radius 1 is 1.20 bits per heavy atom. The van der Waals surface area contributed by atoms with E-state index in [0.29, 0.717) is 43.9 Å². The van der Waals surface area contributed by atoms with Crippen molar-refractivity contribution in [2.24, 2.45) is 0 Å². The second-order valence-corrected chi connectivity index (χ2v) is 11.5. The summed E-state index contributed by atoms with van der Waals surface area (Å²) in [6, 6.07) is 11.3. The maximum absolute atomic E-state index is 14.1. The first-order valence-corrected chi connectivity index (χ1v) is 14.3. The van der Waals surface area contributed by atoms with Gasteiger partial charge in [0.05, 0.1) is 17.2 Å². The second-order valence-electron chi connectivity index (χ2n) is 10.6. The quantitative estimate of drug-likeness (QED) is 0.393. The number of carbonyl (C=O) groups excluding carboxylic acids is 3. The monoisotopic (exact) mass is 617 g/mol. The Labute approximate surface area is 247 Å². The first kappa shape index (κ1) is 28.4. The Morgan fingerprint density at radius 3 is 2.59 bits per heavy atom. The number of hydrogen-bond acceptors (Lipinski definition) is 6. The fourth-order valence-corrected chi connectivity index (χ4v) is 6.00. The summed E-state index contributed by atoms with van der Waals surface area (Å²) in [5.74, 6) is 0.499. The molecule has 0 unspecified atom stereocenters. The van der Waals surface area contributed by atoms with E-state index in [1.165, 1.54) is 6.08 Å². The number of carbonyl (C=O) groups is 3. The Bertz CT molecular complexity index is 1570. The van der Waals surface area contributed by atoms with Gasteiger partial charge >= 0.3 is 0 Å². The Morgan fingerprint density at radius 2 is 1.95 bits per heavy atom. The summed E-state index contributed by atoms with van der Waals surface area (Å²) in [4.78, 5) is 51.0. The van der Waals surface area contributed by atoms with Crippen molar-refractivity contribution in [3.8, 4) is 6.07 Å². The lowest BCUT2D eigenvalue weighted by molar-refractivity contribution is -0.142. The number of hydrogen-bond donors (Lipinski definition) is 0. The normalized spacial score (nSPS) is 17.2. The Hall–Kier alpha value is -4.17. The van der Waals surface area contributed by atoms with E-state index in [1.807, 2.05) is 47.6 Å². The molecule has 3 aromatic rings. The maximum Gasteiger partial charge on any atom is 0.256 e. The van der Waals surface area contributed by atoms with Gasteiger partial charge in [-0.1, -0.05) is 22.5 Å². The molecule has 41 heavy (non-hydrogen) atoms. The number of nitrogens with zero attached hydrogens (tertiary/aromatic N) is 7. The molecule has 2 aliphatic heterocycles. The lowest BCUT2D eigenvalue weighted by Gasteiger charge is -2.43. The summed E-state index contributed by atoms with van der Waals surface area (Å²) in [6.45, 7) is 10.2. The summed E-state index contributed by atoms with van der Waals surface area (Å²) in [7, 11) is 1.76. The third-order valence-electron chi connectivity index (χ3n) is 8.17. The second kappa shape index (κ2) is 11.4. The van der Waals surface area contributed by atoms with Crippen LogP contribution in [0.4, 0.5) is 5.82 Å². The molecule has 0 spiro atoms. The number of likely N-dealkylation sites (tertiary alicyclic amines) is 1. The number of aromatic nitrogens is 2. The zero-order chi connectivity index (χ0) is 29.4. The lowest BCUT2D eigenvalue weighted by atomic mass is 10.1. The van der Waals surface area contributed by atoms with Crippen LogP contribution in [0, 0.1) is 18.3 Å². The summed E-state index contributed by atoms with van der Waals surface area (Å²) in [5.41, 5.74) is 2.67. The molecule has 5 rings (SSSR count). The Kier molecular flexibility index (Phi) is 7.87. The minimum absolute atomic E-state index is 0.0495. The van der Waals surface area contributed by atoms with E-state index in [1.54, 1.807) is 29.1 Å². The number of anilines is 1. The van der Waals surface area contributed by atoms with Crippen molar-refractivity contribution in [3.05, 3.63) is 70.5 Å². The molecule has 0 bridgehead atoms. The number of fused-ring (bicyclic) bond motifs is 1. The molecule has 0 radical (unpaired) electrons. The van der Waals surface area contributed by atoms with Gasteiger partial charge in [0.25, 0.3) is 5.91 Å². The van der Waals surface area contributed by atoms with Crippen LogP contribution in [0.15, 0.2) is 53.7 Å². The fraction of sp³-hybridized carbons (Fsp3) is 0.367. The lowest BCUT2D eigenvalue weighted by Crippen LogP contribution is -2.61. The number of piperazine rings is 1. The molecule has 212 valence electrons. The van der Waals surface area contributed by atoms with E-state index in [0.717, 1.165) is 26.9 Å². The third-order valence-corrected chi connectivity index (χ3v) is 8.66. The molecule has 4 heterocycles. The van der Waals surface area contributed by atoms with Gasteiger partial charge in [-0.25, -0.2) is 4.98 Å². The van der Waals surface area contributed by atoms with E-state index in [9.17, 15) is 14.4 Å². The number of nitriles is 1. The molecule has 1 atom stereocenters. The third kappa shape index (κ3) is 5.32. The zero-order valence-corrected chi connectivity index (χ0v) is 25.0. The number of rotatable bonds is 6. The minimum Gasteiger partial charge on any atom is -0.353 e. The van der Waals surface area contributed by atoms with E-state index < -0.39 is 0 Å². The molecule has 0 N–H and O–H groups in total. The van der Waals surface area contributed by atoms with Gasteiger partial charge in [-0.15, -0.1) is 0 Å². The van der Waals surface area contributed by atoms with Crippen LogP contribution < -0.4 is 4.90 Å². The highest BCUT2D eigenvalue weighted by Gasteiger charge is 2.36. The topological polar surface area (TPSA) is 106 Å². The highest BCUT2D eigenvalue weighted by molar-refractivity contribution is 9.10. The maximum atomic E-state index is 14.1. The first-order valence-electron chi connectivity index (χ1n) is 13.5. The van der Waals surface area contributed by atoms with Crippen LogP contribution in [0.25, 0.3) is 10.9 Å². The summed E-state index contributed by atoms with van der Waals surface area (Å²) in [5, 5.41) is 9.86. The van der Waals surface area contributed by atoms with E-state index in [-0.39, 0.29) is 36.3 Å². The van der Waals surface area contributed by atoms with Gasteiger partial charge in [0.1, 0.15) is 18.4 Å². The van der Waals surface area contributed by atoms with Gasteiger partial charge in [-0.2, -0.15) is 5.26 Å². The number of amides is 3. The van der Waals surface area contributed by atoms with Crippen LogP contribution in [0.2, 0.25) is 0 Å². The van der Waals surface area contributed by atoms with Crippen LogP contribution in [-0.2, 0) is 16.1 Å². The first-order chi connectivity index (χ1) is 19.6. The predicted molar refractivity (Wildman–Crippen MR) is 159 cm³/mol. The van der Waals surface area contributed by atoms with Gasteiger partial charge in [0.15, 0.2) is 0 Å². The van der Waals surface area contributed by atoms with Crippen molar-refractivity contribution < 1.29 is 14.4 Å². The van der Waals surface area contributed by atoms with Crippen molar-refractivity contribution in [3.63, 3.8) is 0 Å². The highest BCUT2D eigenvalue weighted by atomic mass is 79.9. The average molecular weight is 619 g/mol. The molecular formula is C30H32BrN7O3. The van der Waals surface area contributed by atoms with Crippen molar-refractivity contribution in [2.75, 3.05) is 44.7 Å². The summed E-state index contributed by atoms with van der Waals surface area (Å²) < 4.78 is 2.77. The van der Waals surface area contributed by atoms with Crippen LogP contribution >= 0.6 is 15.9 Å². The molecule has 2 fully saturated rings. The van der Waals surface area contributed by atoms with Gasteiger partial charge in [-0.3, -0.25) is 14.4 Å². The van der Waals surface area contributed by atoms with Crippen LogP contribution in [0.1, 0.15) is 28.5 Å². The highest BCUT2D eigenvalue weighted by Crippen LogP contribution is 2.31. The summed E-state index contributed by atoms with van der Waals surface area (Å²) in [6.07, 6.45) is 2.85. The molecule has 0 saturated carbocycles. The van der Waals surface area contributed by atoms with Gasteiger partial charge in [-0.05, 0) is 50.3 Å². The number of benzene rings is 1. The smallest absolute Gasteiger partial charge is 0.256 e. The van der Waals surface area contributed by atoms with E-state index >= 15 is 0 Å². The molecule has 0 aliphatic carbocycles. The van der Waals surface area contributed by atoms with Crippen molar-refractivity contribution in [1.82, 2.24) is 24.3 Å².